The molecule has 5 rings (SSSR count). The van der Waals surface area contributed by atoms with Crippen molar-refractivity contribution in [1.82, 2.24) is 33.0 Å². The van der Waals surface area contributed by atoms with E-state index in [1.54, 1.807) is 13.2 Å². The third kappa shape index (κ3) is 2.83. The smallest absolute Gasteiger partial charge is 0.332 e. The zero-order valence-corrected chi connectivity index (χ0v) is 16.7. The molecule has 1 saturated carbocycles. The molecular weight excluding hydrogens is 386 g/mol. The Hall–Kier alpha value is -3.69. The van der Waals surface area contributed by atoms with Gasteiger partial charge in [-0.3, -0.25) is 18.7 Å². The van der Waals surface area contributed by atoms with Crippen molar-refractivity contribution in [3.8, 4) is 0 Å². The van der Waals surface area contributed by atoms with Crippen LogP contribution in [0, 0.1) is 0 Å². The minimum Gasteiger partial charge on any atom is -0.332 e. The molecule has 10 heteroatoms. The van der Waals surface area contributed by atoms with Crippen LogP contribution in [-0.2, 0) is 32.0 Å². The number of nitrogens with zero attached hydrogens (tertiary/aromatic N) is 7. The molecule has 0 spiro atoms. The summed E-state index contributed by atoms with van der Waals surface area (Å²) in [5.41, 5.74) is 1.38. The van der Waals surface area contributed by atoms with Crippen molar-refractivity contribution in [3.05, 3.63) is 63.5 Å². The second kappa shape index (κ2) is 6.68. The first-order chi connectivity index (χ1) is 14.5. The second-order valence-corrected chi connectivity index (χ2v) is 7.68. The summed E-state index contributed by atoms with van der Waals surface area (Å²) < 4.78 is 5.85. The molecule has 154 valence electrons. The molecule has 0 N–H and O–H groups in total. The van der Waals surface area contributed by atoms with Crippen molar-refractivity contribution in [2.24, 2.45) is 14.1 Å². The van der Waals surface area contributed by atoms with Gasteiger partial charge in [-0.05, 0) is 25.0 Å². The Morgan fingerprint density at radius 2 is 1.97 bits per heavy atom. The number of carbonyl (C=O) groups excluding carboxylic acids is 1. The standard InChI is InChI=1S/C20H21N7O3/c1-23-18-17(19(29)24(2)20(23)30)25(12-22-18)11-16(28)27(13-6-7-13)10-14-9-21-15-5-3-4-8-26(14)15/h3-5,8-9,12-13H,6-7,10-11H2,1-2H3. The summed E-state index contributed by atoms with van der Waals surface area (Å²) in [6.45, 7) is 0.426. The van der Waals surface area contributed by atoms with E-state index in [0.29, 0.717) is 6.54 Å². The number of pyridine rings is 1. The van der Waals surface area contributed by atoms with E-state index < -0.39 is 11.2 Å². The van der Waals surface area contributed by atoms with E-state index in [2.05, 4.69) is 9.97 Å². The summed E-state index contributed by atoms with van der Waals surface area (Å²) in [6.07, 6.45) is 7.09. The van der Waals surface area contributed by atoms with E-state index in [1.165, 1.54) is 22.5 Å². The van der Waals surface area contributed by atoms with Crippen molar-refractivity contribution < 1.29 is 4.79 Å². The van der Waals surface area contributed by atoms with Crippen LogP contribution in [0.4, 0.5) is 0 Å². The number of hydrogen-bond acceptors (Lipinski definition) is 5. The lowest BCUT2D eigenvalue weighted by Crippen LogP contribution is -2.39. The molecule has 0 atom stereocenters. The first-order valence-electron chi connectivity index (χ1n) is 9.77. The maximum atomic E-state index is 13.2. The zero-order valence-electron chi connectivity index (χ0n) is 16.7. The zero-order chi connectivity index (χ0) is 21.0. The topological polar surface area (TPSA) is 99.4 Å². The van der Waals surface area contributed by atoms with E-state index in [1.807, 2.05) is 33.7 Å². The van der Waals surface area contributed by atoms with Crippen LogP contribution in [0.1, 0.15) is 18.5 Å². The minimum atomic E-state index is -0.460. The summed E-state index contributed by atoms with van der Waals surface area (Å²) >= 11 is 0. The van der Waals surface area contributed by atoms with Crippen LogP contribution >= 0.6 is 0 Å². The highest BCUT2D eigenvalue weighted by Crippen LogP contribution is 2.29. The molecule has 0 saturated heterocycles. The second-order valence-electron chi connectivity index (χ2n) is 7.68. The van der Waals surface area contributed by atoms with Gasteiger partial charge in [0.05, 0.1) is 24.8 Å². The molecule has 0 aliphatic heterocycles. The van der Waals surface area contributed by atoms with Gasteiger partial charge in [0.1, 0.15) is 12.2 Å². The van der Waals surface area contributed by atoms with Crippen LogP contribution < -0.4 is 11.2 Å². The Labute approximate surface area is 170 Å². The average Bonchev–Trinajstić information content (AvgIpc) is 3.38. The summed E-state index contributed by atoms with van der Waals surface area (Å²) in [5, 5.41) is 0. The summed E-state index contributed by atoms with van der Waals surface area (Å²) in [6, 6.07) is 5.96. The third-order valence-corrected chi connectivity index (χ3v) is 5.66. The molecule has 4 heterocycles. The normalized spacial score (nSPS) is 13.9. The van der Waals surface area contributed by atoms with Crippen molar-refractivity contribution in [1.29, 1.82) is 0 Å². The van der Waals surface area contributed by atoms with Gasteiger partial charge in [0, 0.05) is 26.3 Å². The van der Waals surface area contributed by atoms with Gasteiger partial charge < -0.3 is 13.9 Å². The lowest BCUT2D eigenvalue weighted by molar-refractivity contribution is -0.133. The monoisotopic (exact) mass is 407 g/mol. The van der Waals surface area contributed by atoms with E-state index in [0.717, 1.165) is 28.7 Å². The van der Waals surface area contributed by atoms with E-state index in [4.69, 9.17) is 0 Å². The van der Waals surface area contributed by atoms with Crippen molar-refractivity contribution >= 4 is 22.7 Å². The predicted octanol–water partition coefficient (Wildman–Crippen LogP) is 0.273. The molecule has 0 bridgehead atoms. The molecule has 30 heavy (non-hydrogen) atoms. The highest BCUT2D eigenvalue weighted by molar-refractivity contribution is 5.79. The maximum absolute atomic E-state index is 13.2. The number of amides is 1. The van der Waals surface area contributed by atoms with Gasteiger partial charge in [-0.2, -0.15) is 0 Å². The van der Waals surface area contributed by atoms with E-state index in [9.17, 15) is 14.4 Å². The summed E-state index contributed by atoms with van der Waals surface area (Å²) in [5.74, 6) is -0.0985. The largest absolute Gasteiger partial charge is 0.332 e. The maximum Gasteiger partial charge on any atom is 0.332 e. The van der Waals surface area contributed by atoms with Crippen LogP contribution in [0.2, 0.25) is 0 Å². The Morgan fingerprint density at radius 3 is 2.73 bits per heavy atom. The lowest BCUT2D eigenvalue weighted by atomic mass is 10.3. The van der Waals surface area contributed by atoms with Crippen LogP contribution in [0.3, 0.4) is 0 Å². The van der Waals surface area contributed by atoms with Crippen LogP contribution in [0.15, 0.2) is 46.5 Å². The SMILES string of the molecule is Cn1c(=O)c2c(ncn2CC(=O)N(Cc2cnc3ccccn23)C2CC2)n(C)c1=O. The number of fused-ring (bicyclic) bond motifs is 2. The van der Waals surface area contributed by atoms with Gasteiger partial charge in [0.15, 0.2) is 11.2 Å². The fourth-order valence-electron chi connectivity index (χ4n) is 3.84. The van der Waals surface area contributed by atoms with Gasteiger partial charge in [-0.25, -0.2) is 14.8 Å². The number of imidazole rings is 2. The Bertz CT molecular complexity index is 1400. The first kappa shape index (κ1) is 18.3. The van der Waals surface area contributed by atoms with Crippen molar-refractivity contribution in [2.75, 3.05) is 0 Å². The number of hydrogen-bond donors (Lipinski definition) is 0. The average molecular weight is 407 g/mol. The van der Waals surface area contributed by atoms with Crippen molar-refractivity contribution in [3.63, 3.8) is 0 Å². The minimum absolute atomic E-state index is 0.0167. The molecule has 4 aromatic heterocycles. The molecule has 0 aromatic carbocycles. The third-order valence-electron chi connectivity index (χ3n) is 5.66. The molecule has 1 fully saturated rings. The summed E-state index contributed by atoms with van der Waals surface area (Å²) in [4.78, 5) is 48.4. The molecule has 0 radical (unpaired) electrons. The molecule has 10 nitrogen and oxygen atoms in total. The highest BCUT2D eigenvalue weighted by atomic mass is 16.2. The number of aromatic nitrogens is 6. The number of carbonyl (C=O) groups is 1. The molecule has 1 aliphatic carbocycles. The Morgan fingerprint density at radius 1 is 1.17 bits per heavy atom. The van der Waals surface area contributed by atoms with Crippen LogP contribution in [0.5, 0.6) is 0 Å². The lowest BCUT2D eigenvalue weighted by Gasteiger charge is -2.22. The van der Waals surface area contributed by atoms with Gasteiger partial charge in [0.25, 0.3) is 5.56 Å². The van der Waals surface area contributed by atoms with Gasteiger partial charge in [0.2, 0.25) is 5.91 Å². The van der Waals surface area contributed by atoms with Crippen LogP contribution in [-0.4, -0.2) is 44.9 Å². The van der Waals surface area contributed by atoms with E-state index in [-0.39, 0.29) is 29.7 Å². The Kier molecular flexibility index (Phi) is 4.09. The van der Waals surface area contributed by atoms with Gasteiger partial charge >= 0.3 is 5.69 Å². The Balaban J connectivity index is 1.48. The number of rotatable bonds is 5. The highest BCUT2D eigenvalue weighted by Gasteiger charge is 2.33. The molecule has 4 aromatic rings. The van der Waals surface area contributed by atoms with E-state index >= 15 is 0 Å². The number of aryl methyl sites for hydroxylation is 1. The van der Waals surface area contributed by atoms with Crippen molar-refractivity contribution in [2.45, 2.75) is 32.0 Å². The van der Waals surface area contributed by atoms with Gasteiger partial charge in [-0.15, -0.1) is 0 Å². The summed E-state index contributed by atoms with van der Waals surface area (Å²) in [7, 11) is 2.98. The molecule has 1 amide bonds. The fraction of sp³-hybridized carbons (Fsp3) is 0.350. The predicted molar refractivity (Wildman–Crippen MR) is 109 cm³/mol. The molecule has 0 unspecified atom stereocenters. The quantitative estimate of drug-likeness (QED) is 0.473. The molecule has 1 aliphatic rings. The molecular formula is C20H21N7O3. The fourth-order valence-corrected chi connectivity index (χ4v) is 3.84. The van der Waals surface area contributed by atoms with Gasteiger partial charge in [-0.1, -0.05) is 6.07 Å². The first-order valence-corrected chi connectivity index (χ1v) is 9.77. The van der Waals surface area contributed by atoms with Crippen LogP contribution in [0.25, 0.3) is 16.8 Å².